The van der Waals surface area contributed by atoms with Crippen LogP contribution in [0.4, 0.5) is 5.82 Å². The van der Waals surface area contributed by atoms with E-state index in [1.165, 1.54) is 6.20 Å². The van der Waals surface area contributed by atoms with Crippen molar-refractivity contribution in [3.8, 4) is 11.8 Å². The van der Waals surface area contributed by atoms with E-state index in [4.69, 9.17) is 17.3 Å². The van der Waals surface area contributed by atoms with Crippen molar-refractivity contribution >= 4 is 17.4 Å². The molecule has 0 aliphatic rings. The van der Waals surface area contributed by atoms with Crippen LogP contribution in [0.25, 0.3) is 0 Å². The fourth-order valence-corrected chi connectivity index (χ4v) is 0.735. The number of nitrogens with zero attached hydrogens (tertiary/aromatic N) is 2. The summed E-state index contributed by atoms with van der Waals surface area (Å²) in [6.45, 7) is 1.70. The Morgan fingerprint density at radius 1 is 1.64 bits per heavy atom. The average Bonchev–Trinajstić information content (AvgIpc) is 1.95. The minimum atomic E-state index is 0.270. The van der Waals surface area contributed by atoms with Crippen molar-refractivity contribution < 1.29 is 0 Å². The molecule has 1 rings (SSSR count). The van der Waals surface area contributed by atoms with Crippen molar-refractivity contribution in [3.63, 3.8) is 0 Å². The predicted octanol–water partition coefficient (Wildman–Crippen LogP) is 1.08. The number of anilines is 1. The topological polar surface area (TPSA) is 51.8 Å². The van der Waals surface area contributed by atoms with Gasteiger partial charge in [-0.15, -0.1) is 0 Å². The maximum Gasteiger partial charge on any atom is 0.159 e. The van der Waals surface area contributed by atoms with Crippen LogP contribution in [-0.4, -0.2) is 9.97 Å². The van der Waals surface area contributed by atoms with E-state index in [1.54, 1.807) is 6.92 Å². The Labute approximate surface area is 69.6 Å². The van der Waals surface area contributed by atoms with E-state index in [-0.39, 0.29) is 11.0 Å². The highest BCUT2D eigenvalue weighted by Gasteiger charge is 1.98. The molecule has 0 aliphatic carbocycles. The first-order chi connectivity index (χ1) is 5.24. The van der Waals surface area contributed by atoms with E-state index < -0.39 is 0 Å². The minimum Gasteiger partial charge on any atom is -0.381 e. The number of rotatable bonds is 0. The highest BCUT2D eigenvalue weighted by atomic mass is 35.5. The van der Waals surface area contributed by atoms with Crippen LogP contribution in [0.15, 0.2) is 6.20 Å². The SMILES string of the molecule is CC#Cc1ncc(Cl)nc1N. The predicted molar refractivity (Wildman–Crippen MR) is 44.0 cm³/mol. The minimum absolute atomic E-state index is 0.270. The molecular weight excluding hydrogens is 162 g/mol. The van der Waals surface area contributed by atoms with E-state index in [2.05, 4.69) is 21.8 Å². The Hall–Kier alpha value is -1.27. The van der Waals surface area contributed by atoms with Gasteiger partial charge >= 0.3 is 0 Å². The van der Waals surface area contributed by atoms with Crippen molar-refractivity contribution in [3.05, 3.63) is 17.0 Å². The number of nitrogen functional groups attached to an aromatic ring is 1. The van der Waals surface area contributed by atoms with Gasteiger partial charge in [-0.3, -0.25) is 0 Å². The van der Waals surface area contributed by atoms with Crippen LogP contribution >= 0.6 is 11.6 Å². The largest absolute Gasteiger partial charge is 0.381 e. The van der Waals surface area contributed by atoms with Crippen molar-refractivity contribution in [1.82, 2.24) is 9.97 Å². The fraction of sp³-hybridized carbons (Fsp3) is 0.143. The van der Waals surface area contributed by atoms with E-state index in [9.17, 15) is 0 Å². The summed E-state index contributed by atoms with van der Waals surface area (Å²) in [7, 11) is 0. The highest BCUT2D eigenvalue weighted by Crippen LogP contribution is 2.07. The third-order valence-corrected chi connectivity index (χ3v) is 1.20. The third kappa shape index (κ3) is 1.82. The second-order valence-corrected chi connectivity index (χ2v) is 2.19. The molecule has 0 unspecified atom stereocenters. The summed E-state index contributed by atoms with van der Waals surface area (Å²) in [6.07, 6.45) is 1.41. The van der Waals surface area contributed by atoms with Crippen LogP contribution in [0.5, 0.6) is 0 Å². The molecule has 4 heteroatoms. The van der Waals surface area contributed by atoms with Gasteiger partial charge in [-0.1, -0.05) is 17.5 Å². The summed E-state index contributed by atoms with van der Waals surface area (Å²) in [5.74, 6) is 5.63. The molecule has 11 heavy (non-hydrogen) atoms. The Kier molecular flexibility index (Phi) is 2.29. The molecule has 1 heterocycles. The van der Waals surface area contributed by atoms with Crippen molar-refractivity contribution in [2.24, 2.45) is 0 Å². The summed E-state index contributed by atoms with van der Waals surface area (Å²) in [4.78, 5) is 7.64. The third-order valence-electron chi connectivity index (χ3n) is 1.01. The Balaban J connectivity index is 3.16. The molecule has 0 aromatic carbocycles. The molecule has 0 spiro atoms. The van der Waals surface area contributed by atoms with Crippen LogP contribution in [-0.2, 0) is 0 Å². The number of hydrogen-bond donors (Lipinski definition) is 1. The molecule has 0 saturated heterocycles. The zero-order chi connectivity index (χ0) is 8.27. The van der Waals surface area contributed by atoms with Gasteiger partial charge in [-0.2, -0.15) is 0 Å². The van der Waals surface area contributed by atoms with Crippen molar-refractivity contribution in [2.45, 2.75) is 6.92 Å². The molecule has 3 nitrogen and oxygen atoms in total. The van der Waals surface area contributed by atoms with E-state index >= 15 is 0 Å². The highest BCUT2D eigenvalue weighted by molar-refractivity contribution is 6.29. The second-order valence-electron chi connectivity index (χ2n) is 1.80. The lowest BCUT2D eigenvalue weighted by Gasteiger charge is -1.94. The summed E-state index contributed by atoms with van der Waals surface area (Å²) in [6, 6.07) is 0. The Bertz CT molecular complexity index is 324. The second kappa shape index (κ2) is 3.22. The molecule has 0 aliphatic heterocycles. The Morgan fingerprint density at radius 2 is 2.36 bits per heavy atom. The molecule has 0 amide bonds. The van der Waals surface area contributed by atoms with Gasteiger partial charge in [0.05, 0.1) is 6.20 Å². The Morgan fingerprint density at radius 3 is 2.91 bits per heavy atom. The van der Waals surface area contributed by atoms with E-state index in [0.29, 0.717) is 5.69 Å². The van der Waals surface area contributed by atoms with Crippen LogP contribution in [0, 0.1) is 11.8 Å². The number of halogens is 1. The molecule has 0 radical (unpaired) electrons. The number of aromatic nitrogens is 2. The quantitative estimate of drug-likeness (QED) is 0.589. The lowest BCUT2D eigenvalue weighted by molar-refractivity contribution is 1.18. The number of nitrogens with two attached hydrogens (primary N) is 1. The van der Waals surface area contributed by atoms with Gasteiger partial charge in [0.15, 0.2) is 11.5 Å². The zero-order valence-corrected chi connectivity index (χ0v) is 6.68. The van der Waals surface area contributed by atoms with Crippen LogP contribution in [0.1, 0.15) is 12.6 Å². The lowest BCUT2D eigenvalue weighted by atomic mass is 10.4. The van der Waals surface area contributed by atoms with Gasteiger partial charge in [0.2, 0.25) is 0 Å². The fourth-order valence-electron chi connectivity index (χ4n) is 0.596. The molecule has 1 aromatic heterocycles. The van der Waals surface area contributed by atoms with Gasteiger partial charge < -0.3 is 5.73 Å². The van der Waals surface area contributed by atoms with E-state index in [0.717, 1.165) is 0 Å². The number of hydrogen-bond acceptors (Lipinski definition) is 3. The molecule has 2 N–H and O–H groups in total. The standard InChI is InChI=1S/C7H6ClN3/c1-2-3-5-7(9)11-6(8)4-10-5/h4H,1H3,(H2,9,11). The van der Waals surface area contributed by atoms with E-state index in [1.807, 2.05) is 0 Å². The molecule has 1 aromatic rings. The zero-order valence-electron chi connectivity index (χ0n) is 5.93. The molecule has 0 fully saturated rings. The first kappa shape index (κ1) is 7.83. The first-order valence-electron chi connectivity index (χ1n) is 2.95. The van der Waals surface area contributed by atoms with Gasteiger partial charge in [-0.05, 0) is 12.8 Å². The summed E-state index contributed by atoms with van der Waals surface area (Å²) in [5, 5.41) is 0.282. The van der Waals surface area contributed by atoms with Gasteiger partial charge in [-0.25, -0.2) is 9.97 Å². The van der Waals surface area contributed by atoms with Crippen LogP contribution in [0.2, 0.25) is 5.15 Å². The normalized spacial score (nSPS) is 8.55. The lowest BCUT2D eigenvalue weighted by Crippen LogP contribution is -1.97. The molecule has 56 valence electrons. The maximum atomic E-state index is 5.52. The van der Waals surface area contributed by atoms with Gasteiger partial charge in [0, 0.05) is 0 Å². The molecular formula is C7H6ClN3. The summed E-state index contributed by atoms with van der Waals surface area (Å²) < 4.78 is 0. The van der Waals surface area contributed by atoms with Crippen molar-refractivity contribution in [2.75, 3.05) is 5.73 Å². The smallest absolute Gasteiger partial charge is 0.159 e. The average molecular weight is 168 g/mol. The molecule has 0 bridgehead atoms. The summed E-state index contributed by atoms with van der Waals surface area (Å²) >= 11 is 5.52. The summed E-state index contributed by atoms with van der Waals surface area (Å²) in [5.41, 5.74) is 5.92. The maximum absolute atomic E-state index is 5.52. The first-order valence-corrected chi connectivity index (χ1v) is 3.32. The van der Waals surface area contributed by atoms with Gasteiger partial charge in [0.25, 0.3) is 0 Å². The van der Waals surface area contributed by atoms with Crippen molar-refractivity contribution in [1.29, 1.82) is 0 Å². The van der Waals surface area contributed by atoms with Crippen LogP contribution < -0.4 is 5.73 Å². The van der Waals surface area contributed by atoms with Crippen LogP contribution in [0.3, 0.4) is 0 Å². The molecule has 0 saturated carbocycles. The van der Waals surface area contributed by atoms with Gasteiger partial charge in [0.1, 0.15) is 5.15 Å². The molecule has 0 atom stereocenters. The monoisotopic (exact) mass is 167 g/mol.